The molecule has 1 atom stereocenters. The minimum absolute atomic E-state index is 0.0418. The van der Waals surface area contributed by atoms with Crippen molar-refractivity contribution in [3.8, 4) is 0 Å². The second-order valence-corrected chi connectivity index (χ2v) is 3.09. The molecule has 2 heterocycles. The lowest BCUT2D eigenvalue weighted by Crippen LogP contribution is -2.18. The van der Waals surface area contributed by atoms with E-state index < -0.39 is 0 Å². The smallest absolute Gasteiger partial charge is 0.407 e. The van der Waals surface area contributed by atoms with Crippen LogP contribution in [0.5, 0.6) is 0 Å². The number of aryl methyl sites for hydroxylation is 1. The molecule has 1 aromatic rings. The van der Waals surface area contributed by atoms with Gasteiger partial charge >= 0.3 is 6.09 Å². The molecule has 1 amide bonds. The number of amides is 1. The standard InChI is InChI=1S/C9H10N2O2/c1-6-2-7(4-10-3-6)8-5-13-9(12)11-8/h2-4,8H,5H2,1H3,(H,11,12). The number of nitrogens with zero attached hydrogens (tertiary/aromatic N) is 1. The van der Waals surface area contributed by atoms with E-state index in [9.17, 15) is 4.79 Å². The van der Waals surface area contributed by atoms with E-state index in [1.807, 2.05) is 13.0 Å². The van der Waals surface area contributed by atoms with Crippen molar-refractivity contribution < 1.29 is 9.53 Å². The number of hydrogen-bond acceptors (Lipinski definition) is 3. The van der Waals surface area contributed by atoms with Gasteiger partial charge in [0.2, 0.25) is 0 Å². The first kappa shape index (κ1) is 8.04. The van der Waals surface area contributed by atoms with Crippen LogP contribution in [-0.4, -0.2) is 17.7 Å². The first-order chi connectivity index (χ1) is 6.25. The average molecular weight is 178 g/mol. The summed E-state index contributed by atoms with van der Waals surface area (Å²) in [7, 11) is 0. The van der Waals surface area contributed by atoms with Gasteiger partial charge in [-0.3, -0.25) is 4.98 Å². The van der Waals surface area contributed by atoms with Crippen LogP contribution in [0.25, 0.3) is 0 Å². The zero-order valence-corrected chi connectivity index (χ0v) is 7.28. The molecule has 1 aliphatic rings. The molecule has 1 aromatic heterocycles. The lowest BCUT2D eigenvalue weighted by molar-refractivity contribution is 0.177. The number of carbonyl (C=O) groups excluding carboxylic acids is 1. The monoisotopic (exact) mass is 178 g/mol. The Labute approximate surface area is 75.9 Å². The van der Waals surface area contributed by atoms with Gasteiger partial charge in [0.15, 0.2) is 0 Å². The van der Waals surface area contributed by atoms with Gasteiger partial charge in [0.05, 0.1) is 6.04 Å². The first-order valence-corrected chi connectivity index (χ1v) is 4.10. The molecule has 1 fully saturated rings. The Kier molecular flexibility index (Phi) is 1.88. The van der Waals surface area contributed by atoms with Crippen molar-refractivity contribution >= 4 is 6.09 Å². The van der Waals surface area contributed by atoms with Gasteiger partial charge in [-0.25, -0.2) is 4.79 Å². The molecule has 1 N–H and O–H groups in total. The maximum absolute atomic E-state index is 10.8. The normalized spacial score (nSPS) is 21.0. The number of aromatic nitrogens is 1. The van der Waals surface area contributed by atoms with Crippen molar-refractivity contribution in [3.05, 3.63) is 29.6 Å². The minimum atomic E-state index is -0.355. The van der Waals surface area contributed by atoms with Gasteiger partial charge in [0.1, 0.15) is 6.61 Å². The van der Waals surface area contributed by atoms with E-state index in [2.05, 4.69) is 10.3 Å². The maximum atomic E-state index is 10.8. The molecule has 1 unspecified atom stereocenters. The molecule has 68 valence electrons. The molecule has 1 saturated heterocycles. The fraction of sp³-hybridized carbons (Fsp3) is 0.333. The number of rotatable bonds is 1. The highest BCUT2D eigenvalue weighted by Crippen LogP contribution is 2.17. The van der Waals surface area contributed by atoms with Gasteiger partial charge < -0.3 is 10.1 Å². The third kappa shape index (κ3) is 1.61. The highest BCUT2D eigenvalue weighted by molar-refractivity contribution is 5.70. The van der Waals surface area contributed by atoms with Crippen LogP contribution in [-0.2, 0) is 4.74 Å². The molecule has 0 aliphatic carbocycles. The molecule has 0 aromatic carbocycles. The largest absolute Gasteiger partial charge is 0.447 e. The summed E-state index contributed by atoms with van der Waals surface area (Å²) in [5, 5.41) is 2.70. The molecule has 0 spiro atoms. The molecule has 0 bridgehead atoms. The van der Waals surface area contributed by atoms with E-state index in [0.29, 0.717) is 6.61 Å². The van der Waals surface area contributed by atoms with E-state index in [0.717, 1.165) is 11.1 Å². The number of cyclic esters (lactones) is 1. The lowest BCUT2D eigenvalue weighted by Gasteiger charge is -2.06. The SMILES string of the molecule is Cc1cncc(C2COC(=O)N2)c1. The third-order valence-electron chi connectivity index (χ3n) is 1.97. The summed E-state index contributed by atoms with van der Waals surface area (Å²) in [6.07, 6.45) is 3.17. The van der Waals surface area contributed by atoms with Crippen LogP contribution < -0.4 is 5.32 Å². The van der Waals surface area contributed by atoms with Gasteiger partial charge in [-0.15, -0.1) is 0 Å². The lowest BCUT2D eigenvalue weighted by atomic mass is 10.1. The van der Waals surface area contributed by atoms with Crippen molar-refractivity contribution in [3.63, 3.8) is 0 Å². The molecule has 2 rings (SSSR count). The number of carbonyl (C=O) groups is 1. The van der Waals surface area contributed by atoms with Gasteiger partial charge in [-0.05, 0) is 18.1 Å². The summed E-state index contributed by atoms with van der Waals surface area (Å²) in [6, 6.07) is 1.95. The number of nitrogens with one attached hydrogen (secondary N) is 1. The van der Waals surface area contributed by atoms with Crippen LogP contribution in [0.2, 0.25) is 0 Å². The number of ether oxygens (including phenoxy) is 1. The second-order valence-electron chi connectivity index (χ2n) is 3.09. The Morgan fingerprint density at radius 1 is 1.62 bits per heavy atom. The molecule has 4 heteroatoms. The Morgan fingerprint density at radius 3 is 3.08 bits per heavy atom. The summed E-state index contributed by atoms with van der Waals surface area (Å²) in [5.41, 5.74) is 2.07. The van der Waals surface area contributed by atoms with Crippen molar-refractivity contribution in [2.75, 3.05) is 6.61 Å². The zero-order chi connectivity index (χ0) is 9.26. The molecule has 0 saturated carbocycles. The summed E-state index contributed by atoms with van der Waals surface area (Å²) in [5.74, 6) is 0. The number of alkyl carbamates (subject to hydrolysis) is 1. The first-order valence-electron chi connectivity index (χ1n) is 4.10. The molecule has 0 radical (unpaired) electrons. The predicted octanol–water partition coefficient (Wildman–Crippen LogP) is 1.17. The summed E-state index contributed by atoms with van der Waals surface area (Å²) >= 11 is 0. The zero-order valence-electron chi connectivity index (χ0n) is 7.28. The molecule has 13 heavy (non-hydrogen) atoms. The second kappa shape index (κ2) is 3.05. The highest BCUT2D eigenvalue weighted by Gasteiger charge is 2.23. The molecular formula is C9H10N2O2. The fourth-order valence-electron chi connectivity index (χ4n) is 1.33. The Hall–Kier alpha value is -1.58. The van der Waals surface area contributed by atoms with Crippen molar-refractivity contribution in [2.24, 2.45) is 0 Å². The Balaban J connectivity index is 2.21. The summed E-state index contributed by atoms with van der Waals surface area (Å²) < 4.78 is 4.78. The van der Waals surface area contributed by atoms with E-state index in [-0.39, 0.29) is 12.1 Å². The number of pyridine rings is 1. The topological polar surface area (TPSA) is 51.2 Å². The van der Waals surface area contributed by atoms with Crippen molar-refractivity contribution in [1.82, 2.24) is 10.3 Å². The summed E-state index contributed by atoms with van der Waals surface area (Å²) in [4.78, 5) is 14.8. The Bertz CT molecular complexity index is 338. The fourth-order valence-corrected chi connectivity index (χ4v) is 1.33. The van der Waals surface area contributed by atoms with Crippen LogP contribution in [0.3, 0.4) is 0 Å². The van der Waals surface area contributed by atoms with E-state index in [1.165, 1.54) is 0 Å². The van der Waals surface area contributed by atoms with Crippen LogP contribution in [0.4, 0.5) is 4.79 Å². The highest BCUT2D eigenvalue weighted by atomic mass is 16.6. The van der Waals surface area contributed by atoms with Gasteiger partial charge in [-0.2, -0.15) is 0 Å². The maximum Gasteiger partial charge on any atom is 0.407 e. The van der Waals surface area contributed by atoms with Gasteiger partial charge in [0, 0.05) is 12.4 Å². The van der Waals surface area contributed by atoms with E-state index in [4.69, 9.17) is 4.74 Å². The molecular weight excluding hydrogens is 168 g/mol. The number of hydrogen-bond donors (Lipinski definition) is 1. The van der Waals surface area contributed by atoms with Crippen molar-refractivity contribution in [2.45, 2.75) is 13.0 Å². The van der Waals surface area contributed by atoms with Crippen LogP contribution in [0.15, 0.2) is 18.5 Å². The van der Waals surface area contributed by atoms with Crippen molar-refractivity contribution in [1.29, 1.82) is 0 Å². The van der Waals surface area contributed by atoms with E-state index in [1.54, 1.807) is 12.4 Å². The molecule has 1 aliphatic heterocycles. The molecule has 4 nitrogen and oxygen atoms in total. The van der Waals surface area contributed by atoms with Gasteiger partial charge in [0.25, 0.3) is 0 Å². The summed E-state index contributed by atoms with van der Waals surface area (Å²) in [6.45, 7) is 2.36. The minimum Gasteiger partial charge on any atom is -0.447 e. The average Bonchev–Trinajstić information content (AvgIpc) is 2.52. The predicted molar refractivity (Wildman–Crippen MR) is 46.2 cm³/mol. The van der Waals surface area contributed by atoms with Crippen LogP contribution >= 0.6 is 0 Å². The van der Waals surface area contributed by atoms with Crippen LogP contribution in [0, 0.1) is 6.92 Å². The quantitative estimate of drug-likeness (QED) is 0.702. The van der Waals surface area contributed by atoms with Gasteiger partial charge in [-0.1, -0.05) is 6.07 Å². The van der Waals surface area contributed by atoms with E-state index >= 15 is 0 Å². The third-order valence-corrected chi connectivity index (χ3v) is 1.97. The Morgan fingerprint density at radius 2 is 2.46 bits per heavy atom. The van der Waals surface area contributed by atoms with Crippen LogP contribution in [0.1, 0.15) is 17.2 Å².